The van der Waals surface area contributed by atoms with Crippen LogP contribution in [-0.2, 0) is 92.6 Å². The minimum absolute atomic E-state index is 0. The molecule has 0 spiro atoms. The van der Waals surface area contributed by atoms with Gasteiger partial charge in [-0.25, -0.2) is 4.39 Å². The van der Waals surface area contributed by atoms with E-state index in [1.165, 1.54) is 42.5 Å². The molecule has 1 aliphatic heterocycles. The Morgan fingerprint density at radius 3 is 1.74 bits per heavy atom. The van der Waals surface area contributed by atoms with Gasteiger partial charge in [0, 0.05) is 117 Å². The van der Waals surface area contributed by atoms with Gasteiger partial charge in [-0.2, -0.15) is 9.59 Å². The summed E-state index contributed by atoms with van der Waals surface area (Å²) in [7, 11) is 0. The van der Waals surface area contributed by atoms with Crippen LogP contribution in [0.25, 0.3) is 33.4 Å². The number of benzene rings is 5. The van der Waals surface area contributed by atoms with Crippen molar-refractivity contribution in [1.82, 2.24) is 40.4 Å². The van der Waals surface area contributed by atoms with E-state index in [1.807, 2.05) is 122 Å². The number of pyridine rings is 4. The second-order valence-corrected chi connectivity index (χ2v) is 22.0. The first-order valence-electron chi connectivity index (χ1n) is 29.7. The SMILES string of the molecule is O=C(NCCCCC(NC(=S)Nc1ccc(-c2c3ccc(=O)cc-3oc3cc(O)ccc23)cc1)C(=O)CCCCCOc1cc(CN(Cc2ccccn2)Cc2ccccn2)cc(CN(Cc2ccccn2)Cc2ccccn2)c1)c1ccc([18F])cc1.O=C=O.[Zn+2].[Zn+2]. The maximum absolute atomic E-state index is 14.2. The van der Waals surface area contributed by atoms with E-state index in [0.29, 0.717) is 107 Å². The van der Waals surface area contributed by atoms with Crippen LogP contribution in [0, 0.1) is 5.82 Å². The number of anilines is 1. The molecule has 0 radical (unpaired) electrons. The van der Waals surface area contributed by atoms with Crippen molar-refractivity contribution >= 4 is 51.8 Å². The summed E-state index contributed by atoms with van der Waals surface area (Å²) in [5, 5.41) is 20.8. The van der Waals surface area contributed by atoms with Gasteiger partial charge in [-0.15, -0.1) is 0 Å². The van der Waals surface area contributed by atoms with Crippen LogP contribution in [0.2, 0.25) is 0 Å². The summed E-state index contributed by atoms with van der Waals surface area (Å²) in [6.45, 7) is 4.54. The Hall–Kier alpha value is -8.92. The second kappa shape index (κ2) is 36.8. The van der Waals surface area contributed by atoms with Crippen molar-refractivity contribution in [2.24, 2.45) is 0 Å². The van der Waals surface area contributed by atoms with Crippen molar-refractivity contribution in [2.45, 2.75) is 90.3 Å². The fraction of sp³-hybridized carbons (Fsp3) is 0.225. The van der Waals surface area contributed by atoms with Crippen LogP contribution in [0.1, 0.15) is 89.2 Å². The molecule has 17 nitrogen and oxygen atoms in total. The molecule has 92 heavy (non-hydrogen) atoms. The zero-order valence-corrected chi connectivity index (χ0v) is 57.7. The molecule has 4 aromatic carbocycles. The number of unbranched alkanes of at least 4 members (excludes halogenated alkanes) is 3. The molecule has 0 bridgehead atoms. The molecule has 21 heteroatoms. The van der Waals surface area contributed by atoms with Crippen molar-refractivity contribution in [3.05, 3.63) is 256 Å². The maximum atomic E-state index is 14.2. The quantitative estimate of drug-likeness (QED) is 0.0148. The molecule has 4 N–H and O–H groups in total. The van der Waals surface area contributed by atoms with Gasteiger partial charge in [-0.1, -0.05) is 42.5 Å². The Labute approximate surface area is 564 Å². The molecule has 4 aromatic heterocycles. The standard InChI is InChI=1S/C70H68FN9O6S.CO2.2Zn/c71-53-24-20-52(21-25-53)69(84)76-36-12-7-18-64(78-70(87)77-54-26-22-51(23-27-54)68-62-30-28-59(81)41-66(62)86-67-42-60(82)29-31-63(67)68)65(83)19-2-1-13-37-85-61-39-49(43-79(45-55-14-3-8-32-72-55)46-56-15-4-9-33-73-56)38-50(40-61)44-80(47-57-16-5-10-34-74-57)48-58-17-6-11-35-75-58;2-1-3;;/h3-6,8-11,14-17,20-35,38-42,64,81H,1-2,7,12-13,18-19,36-37,43-48H2,(H,76,84)(H2,77,78,87);;;/q;;2*+2/i71-1;;;. The molecule has 5 heterocycles. The zero-order chi connectivity index (χ0) is 62.9. The number of aromatic nitrogens is 4. The summed E-state index contributed by atoms with van der Waals surface area (Å²) in [5.41, 5.74) is 9.75. The van der Waals surface area contributed by atoms with Gasteiger partial charge >= 0.3 is 45.1 Å². The second-order valence-electron chi connectivity index (χ2n) is 21.6. The van der Waals surface area contributed by atoms with Gasteiger partial charge in [0.05, 0.1) is 35.4 Å². The number of Topliss-reactive ketones (excluding diaryl/α,β-unsaturated/α-hetero) is 1. The van der Waals surface area contributed by atoms with Crippen molar-refractivity contribution < 1.29 is 76.8 Å². The van der Waals surface area contributed by atoms with Crippen LogP contribution < -0.4 is 26.1 Å². The normalized spacial score (nSPS) is 11.1. The number of nitrogens with one attached hydrogen (secondary N) is 3. The Kier molecular flexibility index (Phi) is 28.2. The first kappa shape index (κ1) is 70.5. The molecule has 10 rings (SSSR count). The van der Waals surface area contributed by atoms with Crippen LogP contribution in [0.3, 0.4) is 0 Å². The zero-order valence-electron chi connectivity index (χ0n) is 50.9. The molecule has 1 atom stereocenters. The average molecular weight is 1360 g/mol. The van der Waals surface area contributed by atoms with E-state index in [1.54, 1.807) is 18.2 Å². The topological polar surface area (TPSA) is 222 Å². The van der Waals surface area contributed by atoms with E-state index >= 15 is 0 Å². The summed E-state index contributed by atoms with van der Waals surface area (Å²) >= 11 is 5.85. The summed E-state index contributed by atoms with van der Waals surface area (Å²) < 4.78 is 26.2. The van der Waals surface area contributed by atoms with Gasteiger partial charge in [0.25, 0.3) is 5.91 Å². The number of amides is 1. The Morgan fingerprint density at radius 1 is 0.630 bits per heavy atom. The van der Waals surface area contributed by atoms with Crippen molar-refractivity contribution in [1.29, 1.82) is 0 Å². The molecule has 0 saturated heterocycles. The summed E-state index contributed by atoms with van der Waals surface area (Å²) in [6, 6.07) is 52.4. The molecule has 1 amide bonds. The third kappa shape index (κ3) is 21.9. The fourth-order valence-corrected chi connectivity index (χ4v) is 10.8. The summed E-state index contributed by atoms with van der Waals surface area (Å²) in [6.07, 6.45) is 11.6. The first-order chi connectivity index (χ1) is 43.9. The molecule has 0 saturated carbocycles. The van der Waals surface area contributed by atoms with E-state index in [-0.39, 0.29) is 73.1 Å². The van der Waals surface area contributed by atoms with Gasteiger partial charge in [0.15, 0.2) is 16.3 Å². The van der Waals surface area contributed by atoms with Crippen molar-refractivity contribution in [3.8, 4) is 33.9 Å². The van der Waals surface area contributed by atoms with Crippen molar-refractivity contribution in [2.75, 3.05) is 18.5 Å². The van der Waals surface area contributed by atoms with Gasteiger partial charge < -0.3 is 30.2 Å². The number of carbonyl (C=O) groups excluding carboxylic acids is 4. The molecular weight excluding hydrogens is 1290 g/mol. The number of ether oxygens (including phenoxy) is 1. The van der Waals surface area contributed by atoms with Gasteiger partial charge in [0.1, 0.15) is 28.7 Å². The smallest absolute Gasteiger partial charge is 0.508 e. The Morgan fingerprint density at radius 2 is 1.20 bits per heavy atom. The maximum Gasteiger partial charge on any atom is 2.00 e. The number of halogens is 1. The molecule has 8 aromatic rings. The largest absolute Gasteiger partial charge is 2.00 e. The number of hydrogen-bond acceptors (Lipinski definition) is 15. The van der Waals surface area contributed by atoms with Crippen LogP contribution in [0.5, 0.6) is 11.5 Å². The molecule has 2 aliphatic rings. The van der Waals surface area contributed by atoms with Crippen LogP contribution in [0.4, 0.5) is 10.1 Å². The number of hydrogen-bond donors (Lipinski definition) is 4. The molecule has 1 aliphatic carbocycles. The third-order valence-corrected chi connectivity index (χ3v) is 15.0. The number of phenols is 1. The monoisotopic (exact) mass is 1350 g/mol. The molecule has 0 fully saturated rings. The number of phenolic OH excluding ortho intramolecular Hbond substituents is 1. The average Bonchev–Trinajstić information content (AvgIpc) is 0.769. The number of aromatic hydroxyl groups is 1. The molecule has 1 unspecified atom stereocenters. The fourth-order valence-electron chi connectivity index (χ4n) is 10.6. The Bertz CT molecular complexity index is 3820. The predicted molar refractivity (Wildman–Crippen MR) is 345 cm³/mol. The first-order valence-corrected chi connectivity index (χ1v) is 30.1. The van der Waals surface area contributed by atoms with E-state index in [4.69, 9.17) is 31.0 Å². The van der Waals surface area contributed by atoms with Crippen LogP contribution in [0.15, 0.2) is 210 Å². The van der Waals surface area contributed by atoms with Crippen LogP contribution >= 0.6 is 12.2 Å². The van der Waals surface area contributed by atoms with E-state index in [0.717, 1.165) is 74.6 Å². The molecule has 458 valence electrons. The number of ketones is 1. The van der Waals surface area contributed by atoms with Gasteiger partial charge in [0.2, 0.25) is 0 Å². The predicted octanol–water partition coefficient (Wildman–Crippen LogP) is 12.3. The summed E-state index contributed by atoms with van der Waals surface area (Å²) in [4.78, 5) is 78.8. The Balaban J connectivity index is 0.00000235. The van der Waals surface area contributed by atoms with E-state index < -0.39 is 11.9 Å². The minimum atomic E-state index is -0.604. The van der Waals surface area contributed by atoms with E-state index in [9.17, 15) is 23.9 Å². The molecular formula is C71H68FN9O8SZn2+4. The number of carbonyl (C=O) groups is 2. The summed E-state index contributed by atoms with van der Waals surface area (Å²) in [5.74, 6) is 0.512. The third-order valence-electron chi connectivity index (χ3n) is 14.7. The van der Waals surface area contributed by atoms with Gasteiger partial charge in [-0.05, 0) is 189 Å². The van der Waals surface area contributed by atoms with Crippen LogP contribution in [-0.4, -0.2) is 77.0 Å². The number of fused-ring (bicyclic) bond motifs is 2. The number of nitrogens with zero attached hydrogens (tertiary/aromatic N) is 6. The van der Waals surface area contributed by atoms with Crippen molar-refractivity contribution in [3.63, 3.8) is 0 Å². The number of thiocarbonyl (C=S) groups is 1. The van der Waals surface area contributed by atoms with E-state index in [2.05, 4.69) is 63.9 Å². The minimum Gasteiger partial charge on any atom is -0.508 e. The van der Waals surface area contributed by atoms with Gasteiger partial charge in [-0.3, -0.25) is 44.1 Å². The number of rotatable bonds is 29.